The highest BCUT2D eigenvalue weighted by atomic mass is 35.5. The quantitative estimate of drug-likeness (QED) is 0.559. The van der Waals surface area contributed by atoms with Crippen LogP contribution in [-0.4, -0.2) is 32.3 Å². The number of thioether (sulfide) groups is 1. The van der Waals surface area contributed by atoms with E-state index in [0.29, 0.717) is 21.6 Å². The normalized spacial score (nSPS) is 11.7. The number of carbonyl (C=O) groups is 2. The lowest BCUT2D eigenvalue weighted by molar-refractivity contribution is -0.113. The fourth-order valence-corrected chi connectivity index (χ4v) is 3.47. The molecule has 1 heterocycles. The second-order valence-electron chi connectivity index (χ2n) is 6.30. The number of halogens is 1. The molecule has 2 N–H and O–H groups in total. The van der Waals surface area contributed by atoms with E-state index in [1.165, 1.54) is 11.8 Å². The van der Waals surface area contributed by atoms with Crippen LogP contribution >= 0.6 is 23.4 Å². The lowest BCUT2D eigenvalue weighted by Gasteiger charge is -2.13. The molecule has 3 aromatic rings. The van der Waals surface area contributed by atoms with Gasteiger partial charge in [-0.3, -0.25) is 9.59 Å². The summed E-state index contributed by atoms with van der Waals surface area (Å²) in [4.78, 5) is 24.5. The molecule has 0 unspecified atom stereocenters. The Balaban J connectivity index is 1.57. The summed E-state index contributed by atoms with van der Waals surface area (Å²) >= 11 is 7.13. The summed E-state index contributed by atoms with van der Waals surface area (Å²) in [6.07, 6.45) is 0. The fraction of sp³-hybridized carbons (Fsp3) is 0.200. The van der Waals surface area contributed by atoms with Crippen LogP contribution in [0, 0.1) is 0 Å². The van der Waals surface area contributed by atoms with Gasteiger partial charge in [-0.15, -0.1) is 10.2 Å². The Morgan fingerprint density at radius 2 is 1.79 bits per heavy atom. The average molecular weight is 430 g/mol. The van der Waals surface area contributed by atoms with Crippen molar-refractivity contribution in [3.05, 3.63) is 71.0 Å². The van der Waals surface area contributed by atoms with Crippen molar-refractivity contribution in [2.45, 2.75) is 18.1 Å². The Kier molecular flexibility index (Phi) is 6.90. The molecule has 9 heteroatoms. The van der Waals surface area contributed by atoms with Gasteiger partial charge in [-0.2, -0.15) is 0 Å². The molecule has 1 atom stereocenters. The summed E-state index contributed by atoms with van der Waals surface area (Å²) in [5, 5.41) is 15.2. The maximum atomic E-state index is 12.4. The minimum atomic E-state index is -0.358. The molecule has 2 amide bonds. The van der Waals surface area contributed by atoms with Crippen LogP contribution in [-0.2, 0) is 11.8 Å². The standard InChI is InChI=1S/C20H20ClN5O2S/c1-13(22-19(28)14-8-10-15(21)11-9-14)18-24-25-20(26(18)2)29-12-17(27)23-16-6-4-3-5-7-16/h3-11,13H,12H2,1-2H3,(H,22,28)(H,23,27)/t13-/m0/s1. The number of amides is 2. The summed E-state index contributed by atoms with van der Waals surface area (Å²) in [7, 11) is 1.80. The largest absolute Gasteiger partial charge is 0.342 e. The van der Waals surface area contributed by atoms with E-state index in [0.717, 1.165) is 5.69 Å². The van der Waals surface area contributed by atoms with Gasteiger partial charge in [0.1, 0.15) is 0 Å². The molecule has 0 fully saturated rings. The van der Waals surface area contributed by atoms with Crippen molar-refractivity contribution in [2.75, 3.05) is 11.1 Å². The smallest absolute Gasteiger partial charge is 0.251 e. The van der Waals surface area contributed by atoms with Crippen LogP contribution in [0.25, 0.3) is 0 Å². The van der Waals surface area contributed by atoms with Gasteiger partial charge in [-0.1, -0.05) is 41.6 Å². The SMILES string of the molecule is C[C@H](NC(=O)c1ccc(Cl)cc1)c1nnc(SCC(=O)Nc2ccccc2)n1C. The van der Waals surface area contributed by atoms with Crippen molar-refractivity contribution in [1.29, 1.82) is 0 Å². The molecule has 29 heavy (non-hydrogen) atoms. The van der Waals surface area contributed by atoms with E-state index in [4.69, 9.17) is 11.6 Å². The van der Waals surface area contributed by atoms with Crippen molar-refractivity contribution < 1.29 is 9.59 Å². The first kappa shape index (κ1) is 20.9. The van der Waals surface area contributed by atoms with Gasteiger partial charge in [-0.05, 0) is 43.3 Å². The Morgan fingerprint density at radius 1 is 1.10 bits per heavy atom. The molecule has 1 aromatic heterocycles. The number of nitrogens with one attached hydrogen (secondary N) is 2. The molecule has 7 nitrogen and oxygen atoms in total. The Labute approximate surface area is 177 Å². The first-order valence-electron chi connectivity index (χ1n) is 8.87. The van der Waals surface area contributed by atoms with Gasteiger partial charge in [0.25, 0.3) is 5.91 Å². The number of nitrogens with zero attached hydrogens (tertiary/aromatic N) is 3. The molecule has 150 valence electrons. The van der Waals surface area contributed by atoms with Crippen LogP contribution in [0.4, 0.5) is 5.69 Å². The van der Waals surface area contributed by atoms with Crippen molar-refractivity contribution in [2.24, 2.45) is 7.05 Å². The second kappa shape index (κ2) is 9.58. The van der Waals surface area contributed by atoms with E-state index in [9.17, 15) is 9.59 Å². The highest BCUT2D eigenvalue weighted by molar-refractivity contribution is 7.99. The molecule has 0 saturated carbocycles. The summed E-state index contributed by atoms with van der Waals surface area (Å²) in [6, 6.07) is 15.6. The zero-order valence-corrected chi connectivity index (χ0v) is 17.5. The maximum absolute atomic E-state index is 12.4. The van der Waals surface area contributed by atoms with Crippen LogP contribution in [0.15, 0.2) is 59.8 Å². The number of hydrogen-bond donors (Lipinski definition) is 2. The summed E-state index contributed by atoms with van der Waals surface area (Å²) in [5.74, 6) is 0.438. The van der Waals surface area contributed by atoms with Gasteiger partial charge in [0.2, 0.25) is 5.91 Å². The molecule has 0 saturated heterocycles. The van der Waals surface area contributed by atoms with E-state index in [-0.39, 0.29) is 23.6 Å². The van der Waals surface area contributed by atoms with Crippen LogP contribution in [0.5, 0.6) is 0 Å². The van der Waals surface area contributed by atoms with Gasteiger partial charge in [0.15, 0.2) is 11.0 Å². The van der Waals surface area contributed by atoms with Crippen LogP contribution in [0.2, 0.25) is 5.02 Å². The van der Waals surface area contributed by atoms with E-state index in [1.807, 2.05) is 37.3 Å². The first-order chi connectivity index (χ1) is 13.9. The third-order valence-corrected chi connectivity index (χ3v) is 5.37. The lowest BCUT2D eigenvalue weighted by Crippen LogP contribution is -2.28. The molecule has 0 aliphatic carbocycles. The van der Waals surface area contributed by atoms with Gasteiger partial charge in [0, 0.05) is 23.3 Å². The lowest BCUT2D eigenvalue weighted by atomic mass is 10.2. The summed E-state index contributed by atoms with van der Waals surface area (Å²) in [6.45, 7) is 1.83. The maximum Gasteiger partial charge on any atom is 0.251 e. The van der Waals surface area contributed by atoms with Crippen molar-refractivity contribution >= 4 is 40.9 Å². The Bertz CT molecular complexity index is 992. The number of carbonyl (C=O) groups excluding carboxylic acids is 2. The van der Waals surface area contributed by atoms with Gasteiger partial charge in [-0.25, -0.2) is 0 Å². The predicted molar refractivity (Wildman–Crippen MR) is 114 cm³/mol. The fourth-order valence-electron chi connectivity index (χ4n) is 2.62. The molecule has 0 aliphatic rings. The molecule has 3 rings (SSSR count). The average Bonchev–Trinajstić information content (AvgIpc) is 3.08. The van der Waals surface area contributed by atoms with E-state index >= 15 is 0 Å². The minimum absolute atomic E-state index is 0.130. The van der Waals surface area contributed by atoms with E-state index < -0.39 is 0 Å². The van der Waals surface area contributed by atoms with E-state index in [2.05, 4.69) is 20.8 Å². The van der Waals surface area contributed by atoms with Crippen molar-refractivity contribution in [3.63, 3.8) is 0 Å². The zero-order chi connectivity index (χ0) is 20.8. The van der Waals surface area contributed by atoms with Crippen LogP contribution in [0.1, 0.15) is 29.1 Å². The molecular weight excluding hydrogens is 410 g/mol. The topological polar surface area (TPSA) is 88.9 Å². The second-order valence-corrected chi connectivity index (χ2v) is 7.68. The molecule has 0 radical (unpaired) electrons. The van der Waals surface area contributed by atoms with Crippen molar-refractivity contribution in [3.8, 4) is 0 Å². The van der Waals surface area contributed by atoms with Crippen LogP contribution in [0.3, 0.4) is 0 Å². The number of hydrogen-bond acceptors (Lipinski definition) is 5. The number of aromatic nitrogens is 3. The van der Waals surface area contributed by atoms with Gasteiger partial charge >= 0.3 is 0 Å². The first-order valence-corrected chi connectivity index (χ1v) is 10.2. The highest BCUT2D eigenvalue weighted by Crippen LogP contribution is 2.20. The Hall–Kier alpha value is -2.84. The number of rotatable bonds is 7. The molecule has 0 aliphatic heterocycles. The number of anilines is 1. The molecule has 0 bridgehead atoms. The summed E-state index contributed by atoms with van der Waals surface area (Å²) in [5.41, 5.74) is 1.26. The third-order valence-electron chi connectivity index (χ3n) is 4.10. The minimum Gasteiger partial charge on any atom is -0.342 e. The molecule has 0 spiro atoms. The number of para-hydroxylation sites is 1. The van der Waals surface area contributed by atoms with Crippen molar-refractivity contribution in [1.82, 2.24) is 20.1 Å². The highest BCUT2D eigenvalue weighted by Gasteiger charge is 2.19. The predicted octanol–water partition coefficient (Wildman–Crippen LogP) is 3.69. The number of benzene rings is 2. The van der Waals surface area contributed by atoms with Crippen LogP contribution < -0.4 is 10.6 Å². The molecular formula is C20H20ClN5O2S. The zero-order valence-electron chi connectivity index (χ0n) is 15.9. The summed E-state index contributed by atoms with van der Waals surface area (Å²) < 4.78 is 1.77. The monoisotopic (exact) mass is 429 g/mol. The van der Waals surface area contributed by atoms with Gasteiger partial charge < -0.3 is 15.2 Å². The molecule has 2 aromatic carbocycles. The third kappa shape index (κ3) is 5.58. The van der Waals surface area contributed by atoms with Gasteiger partial charge in [0.05, 0.1) is 11.8 Å². The van der Waals surface area contributed by atoms with E-state index in [1.54, 1.807) is 35.9 Å². The Morgan fingerprint density at radius 3 is 2.48 bits per heavy atom.